The van der Waals surface area contributed by atoms with Crippen molar-refractivity contribution < 1.29 is 14.6 Å². The van der Waals surface area contributed by atoms with Crippen LogP contribution >= 0.6 is 0 Å². The summed E-state index contributed by atoms with van der Waals surface area (Å²) in [5.41, 5.74) is 3.01. The van der Waals surface area contributed by atoms with Crippen molar-refractivity contribution >= 4 is 17.6 Å². The van der Waals surface area contributed by atoms with Crippen LogP contribution in [0.3, 0.4) is 0 Å². The maximum Gasteiger partial charge on any atom is 0.336 e. The van der Waals surface area contributed by atoms with Gasteiger partial charge in [0.15, 0.2) is 0 Å². The lowest BCUT2D eigenvalue weighted by Crippen LogP contribution is -2.01. The first kappa shape index (κ1) is 17.5. The van der Waals surface area contributed by atoms with Crippen LogP contribution in [0.5, 0.6) is 5.75 Å². The van der Waals surface area contributed by atoms with Gasteiger partial charge in [0, 0.05) is 6.42 Å². The highest BCUT2D eigenvalue weighted by molar-refractivity contribution is 6.20. The molecule has 0 aliphatic heterocycles. The molecule has 0 amide bonds. The van der Waals surface area contributed by atoms with Gasteiger partial charge in [0.25, 0.3) is 0 Å². The van der Waals surface area contributed by atoms with E-state index in [9.17, 15) is 9.90 Å². The summed E-state index contributed by atoms with van der Waals surface area (Å²) < 4.78 is 5.76. The number of rotatable bonds is 7. The molecule has 3 aromatic rings. The fourth-order valence-corrected chi connectivity index (χ4v) is 2.64. The zero-order valence-electron chi connectivity index (χ0n) is 14.3. The molecule has 0 aliphatic carbocycles. The third-order valence-electron chi connectivity index (χ3n) is 4.01. The van der Waals surface area contributed by atoms with E-state index in [-0.39, 0.29) is 5.57 Å². The molecule has 0 atom stereocenters. The minimum absolute atomic E-state index is 0.267. The number of hydrogen-bond acceptors (Lipinski definition) is 2. The van der Waals surface area contributed by atoms with E-state index >= 15 is 0 Å². The van der Waals surface area contributed by atoms with Gasteiger partial charge in [0.05, 0.1) is 12.2 Å². The Balaban J connectivity index is 1.65. The molecule has 1 N–H and O–H groups in total. The van der Waals surface area contributed by atoms with Gasteiger partial charge in [-0.05, 0) is 34.9 Å². The topological polar surface area (TPSA) is 46.5 Å². The van der Waals surface area contributed by atoms with Crippen molar-refractivity contribution in [2.45, 2.75) is 6.42 Å². The van der Waals surface area contributed by atoms with Crippen LogP contribution in [0, 0.1) is 0 Å². The lowest BCUT2D eigenvalue weighted by Gasteiger charge is -2.07. The molecule has 0 saturated heterocycles. The molecule has 0 spiro atoms. The van der Waals surface area contributed by atoms with Crippen LogP contribution in [0.15, 0.2) is 84.9 Å². The maximum atomic E-state index is 11.6. The number of hydrogen-bond donors (Lipinski definition) is 1. The average molecular weight is 344 g/mol. The van der Waals surface area contributed by atoms with Gasteiger partial charge >= 0.3 is 5.97 Å². The Bertz CT molecular complexity index is 866. The Kier molecular flexibility index (Phi) is 5.84. The normalized spacial score (nSPS) is 11.2. The van der Waals surface area contributed by atoms with Crippen LogP contribution < -0.4 is 4.74 Å². The molecule has 0 saturated carbocycles. The van der Waals surface area contributed by atoms with Crippen molar-refractivity contribution in [1.82, 2.24) is 0 Å². The summed E-state index contributed by atoms with van der Waals surface area (Å²) >= 11 is 0. The smallest absolute Gasteiger partial charge is 0.336 e. The van der Waals surface area contributed by atoms with Gasteiger partial charge < -0.3 is 9.84 Å². The van der Waals surface area contributed by atoms with Crippen LogP contribution in [0.2, 0.25) is 0 Å². The monoisotopic (exact) mass is 344 g/mol. The third kappa shape index (κ3) is 4.84. The minimum Gasteiger partial charge on any atom is -0.493 e. The second-order valence-electron chi connectivity index (χ2n) is 5.88. The number of aliphatic carboxylic acids is 1. The van der Waals surface area contributed by atoms with Crippen molar-refractivity contribution in [3.05, 3.63) is 102 Å². The average Bonchev–Trinajstić information content (AvgIpc) is 2.68. The zero-order chi connectivity index (χ0) is 18.2. The molecule has 26 heavy (non-hydrogen) atoms. The van der Waals surface area contributed by atoms with Crippen molar-refractivity contribution in [3.8, 4) is 5.75 Å². The number of carbonyl (C=O) groups is 1. The number of benzene rings is 3. The lowest BCUT2D eigenvalue weighted by molar-refractivity contribution is -0.130. The minimum atomic E-state index is -0.945. The summed E-state index contributed by atoms with van der Waals surface area (Å²) in [5.74, 6) is -0.172. The summed E-state index contributed by atoms with van der Waals surface area (Å²) in [7, 11) is 0. The molecule has 0 unspecified atom stereocenters. The molecule has 0 heterocycles. The molecule has 3 aromatic carbocycles. The second kappa shape index (κ2) is 8.67. The van der Waals surface area contributed by atoms with Crippen molar-refractivity contribution in [2.75, 3.05) is 6.61 Å². The van der Waals surface area contributed by atoms with Gasteiger partial charge in [-0.3, -0.25) is 0 Å². The predicted octanol–water partition coefficient (Wildman–Crippen LogP) is 4.93. The Labute approximate surface area is 153 Å². The standard InChI is InChI=1S/C23H20O3/c24-23(25)22(20-9-5-2-6-10-20)17-19-11-13-21(14-12-19)26-16-15-18-7-3-1-4-8-18/h1-14,17H,15-16H2,(H,24,25)/b22-17-. The first-order valence-electron chi connectivity index (χ1n) is 8.49. The molecule has 0 radical (unpaired) electrons. The largest absolute Gasteiger partial charge is 0.493 e. The molecule has 0 aromatic heterocycles. The summed E-state index contributed by atoms with van der Waals surface area (Å²) in [5, 5.41) is 9.47. The number of carboxylic acids is 1. The van der Waals surface area contributed by atoms with Gasteiger partial charge in [-0.15, -0.1) is 0 Å². The molecule has 130 valence electrons. The van der Waals surface area contributed by atoms with Gasteiger partial charge in [-0.2, -0.15) is 0 Å². The van der Waals surface area contributed by atoms with Crippen molar-refractivity contribution in [3.63, 3.8) is 0 Å². The Morgan fingerprint density at radius 3 is 2.08 bits per heavy atom. The van der Waals surface area contributed by atoms with E-state index in [1.165, 1.54) is 5.56 Å². The van der Waals surface area contributed by atoms with E-state index in [1.54, 1.807) is 18.2 Å². The third-order valence-corrected chi connectivity index (χ3v) is 4.01. The highest BCUT2D eigenvalue weighted by Crippen LogP contribution is 2.20. The number of ether oxygens (including phenoxy) is 1. The zero-order valence-corrected chi connectivity index (χ0v) is 14.3. The Morgan fingerprint density at radius 1 is 0.846 bits per heavy atom. The fourth-order valence-electron chi connectivity index (χ4n) is 2.64. The molecular weight excluding hydrogens is 324 g/mol. The van der Waals surface area contributed by atoms with Gasteiger partial charge in [-0.25, -0.2) is 4.79 Å². The van der Waals surface area contributed by atoms with Crippen LogP contribution in [-0.4, -0.2) is 17.7 Å². The van der Waals surface area contributed by atoms with Gasteiger partial charge in [0.2, 0.25) is 0 Å². The predicted molar refractivity (Wildman–Crippen MR) is 104 cm³/mol. The van der Waals surface area contributed by atoms with Crippen molar-refractivity contribution in [2.24, 2.45) is 0 Å². The van der Waals surface area contributed by atoms with Gasteiger partial charge in [-0.1, -0.05) is 72.8 Å². The van der Waals surface area contributed by atoms with Crippen LogP contribution in [0.25, 0.3) is 11.6 Å². The van der Waals surface area contributed by atoms with E-state index in [2.05, 4.69) is 12.1 Å². The molecule has 3 nitrogen and oxygen atoms in total. The van der Waals surface area contributed by atoms with Crippen LogP contribution in [0.4, 0.5) is 0 Å². The number of carboxylic acid groups (broad SMARTS) is 1. The Hall–Kier alpha value is -3.33. The molecule has 0 fully saturated rings. The molecular formula is C23H20O3. The van der Waals surface area contributed by atoms with Crippen LogP contribution in [0.1, 0.15) is 16.7 Å². The highest BCUT2D eigenvalue weighted by Gasteiger charge is 2.09. The SMILES string of the molecule is O=C(O)/C(=C\c1ccc(OCCc2ccccc2)cc1)c1ccccc1. The molecule has 3 rings (SSSR count). The maximum absolute atomic E-state index is 11.6. The highest BCUT2D eigenvalue weighted by atomic mass is 16.5. The van der Waals surface area contributed by atoms with Gasteiger partial charge in [0.1, 0.15) is 5.75 Å². The molecule has 0 bridgehead atoms. The van der Waals surface area contributed by atoms with E-state index in [0.29, 0.717) is 12.2 Å². The van der Waals surface area contributed by atoms with Crippen molar-refractivity contribution in [1.29, 1.82) is 0 Å². The summed E-state index contributed by atoms with van der Waals surface area (Å²) in [4.78, 5) is 11.6. The van der Waals surface area contributed by atoms with E-state index < -0.39 is 5.97 Å². The van der Waals surface area contributed by atoms with E-state index in [0.717, 1.165) is 17.7 Å². The fraction of sp³-hybridized carbons (Fsp3) is 0.0870. The Morgan fingerprint density at radius 2 is 1.46 bits per heavy atom. The summed E-state index contributed by atoms with van der Waals surface area (Å²) in [6, 6.07) is 26.8. The first-order valence-corrected chi connectivity index (χ1v) is 8.49. The second-order valence-corrected chi connectivity index (χ2v) is 5.88. The quantitative estimate of drug-likeness (QED) is 0.488. The van der Waals surface area contributed by atoms with Crippen LogP contribution in [-0.2, 0) is 11.2 Å². The molecule has 3 heteroatoms. The molecule has 0 aliphatic rings. The van der Waals surface area contributed by atoms with E-state index in [1.807, 2.05) is 60.7 Å². The summed E-state index contributed by atoms with van der Waals surface area (Å²) in [6.07, 6.45) is 2.52. The summed E-state index contributed by atoms with van der Waals surface area (Å²) in [6.45, 7) is 0.601. The lowest BCUT2D eigenvalue weighted by atomic mass is 10.0. The first-order chi connectivity index (χ1) is 12.7. The van der Waals surface area contributed by atoms with E-state index in [4.69, 9.17) is 4.74 Å².